The van der Waals surface area contributed by atoms with Crippen LogP contribution in [-0.2, 0) is 35.2 Å². The predicted octanol–water partition coefficient (Wildman–Crippen LogP) is 3.71. The number of benzene rings is 1. The molecule has 6 nitrogen and oxygen atoms in total. The first-order valence-corrected chi connectivity index (χ1v) is 9.68. The molecule has 0 radical (unpaired) electrons. The Labute approximate surface area is 160 Å². The van der Waals surface area contributed by atoms with Crippen LogP contribution in [0, 0.1) is 0 Å². The van der Waals surface area contributed by atoms with Crippen molar-refractivity contribution in [2.75, 3.05) is 6.61 Å². The van der Waals surface area contributed by atoms with Crippen molar-refractivity contribution in [2.45, 2.75) is 70.5 Å². The molecular formula is C21H28O6. The summed E-state index contributed by atoms with van der Waals surface area (Å²) >= 11 is 0. The Morgan fingerprint density at radius 2 is 1.48 bits per heavy atom. The minimum absolute atomic E-state index is 0.00386. The number of rotatable bonds is 10. The Hall–Kier alpha value is -2.37. The fraction of sp³-hybridized carbons (Fsp3) is 0.571. The number of esters is 3. The maximum absolute atomic E-state index is 11.7. The van der Waals surface area contributed by atoms with E-state index in [4.69, 9.17) is 14.2 Å². The van der Waals surface area contributed by atoms with Crippen molar-refractivity contribution < 1.29 is 28.6 Å². The number of carbonyl (C=O) groups is 3. The van der Waals surface area contributed by atoms with Gasteiger partial charge in [0.05, 0.1) is 19.4 Å². The largest absolute Gasteiger partial charge is 0.466 e. The first-order valence-electron chi connectivity index (χ1n) is 9.68. The van der Waals surface area contributed by atoms with E-state index in [1.165, 1.54) is 6.42 Å². The smallest absolute Gasteiger partial charge is 0.306 e. The molecule has 0 aliphatic heterocycles. The zero-order chi connectivity index (χ0) is 19.3. The molecule has 0 amide bonds. The lowest BCUT2D eigenvalue weighted by Crippen LogP contribution is -2.21. The first-order chi connectivity index (χ1) is 13.1. The second kappa shape index (κ2) is 12.1. The van der Waals surface area contributed by atoms with Gasteiger partial charge in [-0.2, -0.15) is 0 Å². The SMILES string of the molecule is O=C(CCC(=O)OC1CCCCC1)OCCCC(=O)OCc1ccccc1. The van der Waals surface area contributed by atoms with Crippen LogP contribution in [0.5, 0.6) is 0 Å². The second-order valence-electron chi connectivity index (χ2n) is 6.72. The van der Waals surface area contributed by atoms with Gasteiger partial charge in [-0.25, -0.2) is 0 Å². The lowest BCUT2D eigenvalue weighted by molar-refractivity contribution is -0.154. The second-order valence-corrected chi connectivity index (χ2v) is 6.72. The van der Waals surface area contributed by atoms with E-state index in [9.17, 15) is 14.4 Å². The third kappa shape index (κ3) is 9.22. The fourth-order valence-electron chi connectivity index (χ4n) is 2.92. The molecule has 1 aliphatic carbocycles. The summed E-state index contributed by atoms with van der Waals surface area (Å²) in [5.41, 5.74) is 0.928. The quantitative estimate of drug-likeness (QED) is 0.352. The summed E-state index contributed by atoms with van der Waals surface area (Å²) in [6, 6.07) is 9.43. The van der Waals surface area contributed by atoms with Gasteiger partial charge >= 0.3 is 17.9 Å². The third-order valence-corrected chi connectivity index (χ3v) is 4.41. The molecule has 1 saturated carbocycles. The summed E-state index contributed by atoms with van der Waals surface area (Å²) in [7, 11) is 0. The van der Waals surface area contributed by atoms with Gasteiger partial charge in [0.25, 0.3) is 0 Å². The minimum Gasteiger partial charge on any atom is -0.466 e. The van der Waals surface area contributed by atoms with Crippen LogP contribution in [0.2, 0.25) is 0 Å². The predicted molar refractivity (Wildman–Crippen MR) is 98.6 cm³/mol. The molecule has 148 valence electrons. The van der Waals surface area contributed by atoms with Crippen LogP contribution < -0.4 is 0 Å². The van der Waals surface area contributed by atoms with Gasteiger partial charge < -0.3 is 14.2 Å². The molecule has 6 heteroatoms. The molecule has 1 fully saturated rings. The molecule has 0 saturated heterocycles. The summed E-state index contributed by atoms with van der Waals surface area (Å²) in [6.07, 6.45) is 5.83. The normalized spacial score (nSPS) is 14.4. The average molecular weight is 376 g/mol. The Kier molecular flexibility index (Phi) is 9.38. The molecule has 0 bridgehead atoms. The van der Waals surface area contributed by atoms with E-state index in [2.05, 4.69) is 0 Å². The Bertz CT molecular complexity index is 592. The van der Waals surface area contributed by atoms with Crippen LogP contribution in [0.1, 0.15) is 63.4 Å². The molecule has 0 aromatic heterocycles. The maximum Gasteiger partial charge on any atom is 0.306 e. The Balaban J connectivity index is 1.47. The van der Waals surface area contributed by atoms with E-state index in [1.807, 2.05) is 30.3 Å². The number of hydrogen-bond acceptors (Lipinski definition) is 6. The van der Waals surface area contributed by atoms with Crippen LogP contribution in [0.3, 0.4) is 0 Å². The van der Waals surface area contributed by atoms with Gasteiger partial charge in [0.2, 0.25) is 0 Å². The zero-order valence-electron chi connectivity index (χ0n) is 15.7. The molecule has 0 heterocycles. The molecule has 1 aliphatic rings. The minimum atomic E-state index is -0.451. The van der Waals surface area contributed by atoms with Crippen LogP contribution in [-0.4, -0.2) is 30.6 Å². The summed E-state index contributed by atoms with van der Waals surface area (Å²) in [5, 5.41) is 0. The topological polar surface area (TPSA) is 78.9 Å². The van der Waals surface area contributed by atoms with Crippen molar-refractivity contribution in [3.8, 4) is 0 Å². The molecule has 0 unspecified atom stereocenters. The van der Waals surface area contributed by atoms with Crippen molar-refractivity contribution >= 4 is 17.9 Å². The van der Waals surface area contributed by atoms with Gasteiger partial charge in [-0.3, -0.25) is 14.4 Å². The highest BCUT2D eigenvalue weighted by Crippen LogP contribution is 2.20. The van der Waals surface area contributed by atoms with Crippen LogP contribution in [0.15, 0.2) is 30.3 Å². The lowest BCUT2D eigenvalue weighted by atomic mass is 9.98. The summed E-state index contributed by atoms with van der Waals surface area (Å²) in [6.45, 7) is 0.375. The summed E-state index contributed by atoms with van der Waals surface area (Å²) in [4.78, 5) is 35.0. The zero-order valence-corrected chi connectivity index (χ0v) is 15.7. The van der Waals surface area contributed by atoms with Crippen LogP contribution >= 0.6 is 0 Å². The van der Waals surface area contributed by atoms with Gasteiger partial charge in [0.1, 0.15) is 12.7 Å². The number of ether oxygens (including phenoxy) is 3. The van der Waals surface area contributed by atoms with Crippen molar-refractivity contribution in [1.82, 2.24) is 0 Å². The monoisotopic (exact) mass is 376 g/mol. The molecule has 0 spiro atoms. The van der Waals surface area contributed by atoms with Crippen LogP contribution in [0.25, 0.3) is 0 Å². The average Bonchev–Trinajstić information content (AvgIpc) is 2.69. The van der Waals surface area contributed by atoms with E-state index in [-0.39, 0.29) is 50.5 Å². The van der Waals surface area contributed by atoms with Crippen molar-refractivity contribution in [3.05, 3.63) is 35.9 Å². The van der Waals surface area contributed by atoms with Gasteiger partial charge in [0.15, 0.2) is 0 Å². The Morgan fingerprint density at radius 3 is 2.22 bits per heavy atom. The number of carbonyl (C=O) groups excluding carboxylic acids is 3. The van der Waals surface area contributed by atoms with E-state index >= 15 is 0 Å². The van der Waals surface area contributed by atoms with Crippen molar-refractivity contribution in [3.63, 3.8) is 0 Å². The Morgan fingerprint density at radius 1 is 0.815 bits per heavy atom. The first kappa shape index (κ1) is 20.9. The van der Waals surface area contributed by atoms with E-state index in [1.54, 1.807) is 0 Å². The van der Waals surface area contributed by atoms with Gasteiger partial charge in [-0.15, -0.1) is 0 Å². The fourth-order valence-corrected chi connectivity index (χ4v) is 2.92. The highest BCUT2D eigenvalue weighted by molar-refractivity contribution is 5.77. The third-order valence-electron chi connectivity index (χ3n) is 4.41. The maximum atomic E-state index is 11.7. The molecular weight excluding hydrogens is 348 g/mol. The standard InChI is InChI=1S/C21H28O6/c22-19(26-16-17-8-3-1-4-9-17)12-7-15-25-20(23)13-14-21(24)27-18-10-5-2-6-11-18/h1,3-4,8-9,18H,2,5-7,10-16H2. The highest BCUT2D eigenvalue weighted by Gasteiger charge is 2.18. The number of hydrogen-bond donors (Lipinski definition) is 0. The van der Waals surface area contributed by atoms with Gasteiger partial charge in [0, 0.05) is 6.42 Å². The molecule has 1 aromatic carbocycles. The van der Waals surface area contributed by atoms with Gasteiger partial charge in [-0.1, -0.05) is 36.8 Å². The van der Waals surface area contributed by atoms with Gasteiger partial charge in [-0.05, 0) is 37.7 Å². The van der Waals surface area contributed by atoms with Crippen LogP contribution in [0.4, 0.5) is 0 Å². The van der Waals surface area contributed by atoms with E-state index in [0.717, 1.165) is 31.2 Å². The summed E-state index contributed by atoms with van der Waals surface area (Å²) in [5.74, 6) is -1.12. The van der Waals surface area contributed by atoms with Crippen molar-refractivity contribution in [1.29, 1.82) is 0 Å². The van der Waals surface area contributed by atoms with Crippen molar-refractivity contribution in [2.24, 2.45) is 0 Å². The summed E-state index contributed by atoms with van der Waals surface area (Å²) < 4.78 is 15.5. The molecule has 1 aromatic rings. The molecule has 0 N–H and O–H groups in total. The molecule has 2 rings (SSSR count). The molecule has 0 atom stereocenters. The van der Waals surface area contributed by atoms with E-state index < -0.39 is 5.97 Å². The lowest BCUT2D eigenvalue weighted by Gasteiger charge is -2.21. The highest BCUT2D eigenvalue weighted by atomic mass is 16.5. The van der Waals surface area contributed by atoms with E-state index in [0.29, 0.717) is 6.42 Å². The molecule has 27 heavy (non-hydrogen) atoms.